The van der Waals surface area contributed by atoms with Crippen molar-refractivity contribution in [2.45, 2.75) is 11.4 Å². The highest BCUT2D eigenvalue weighted by molar-refractivity contribution is 7.89. The number of primary sulfonamides is 1. The Kier molecular flexibility index (Phi) is 5.55. The Balaban J connectivity index is 2.07. The highest BCUT2D eigenvalue weighted by Gasteiger charge is 2.20. The molecule has 11 heteroatoms. The number of amides is 2. The number of oxazole rings is 1. The van der Waals surface area contributed by atoms with Crippen LogP contribution in [0.2, 0.25) is 0 Å². The van der Waals surface area contributed by atoms with E-state index < -0.39 is 16.1 Å². The second-order valence-electron chi connectivity index (χ2n) is 5.98. The van der Waals surface area contributed by atoms with Crippen LogP contribution in [0.15, 0.2) is 57.8 Å². The molecule has 5 N–H and O–H groups in total. The van der Waals surface area contributed by atoms with E-state index in [1.165, 1.54) is 24.3 Å². The van der Waals surface area contributed by atoms with Crippen LogP contribution in [0.1, 0.15) is 5.89 Å². The van der Waals surface area contributed by atoms with E-state index in [1.54, 1.807) is 31.4 Å². The van der Waals surface area contributed by atoms with Gasteiger partial charge in [-0.2, -0.15) is 5.06 Å². The largest absolute Gasteiger partial charge is 0.497 e. The summed E-state index contributed by atoms with van der Waals surface area (Å²) in [4.78, 5) is 15.4. The van der Waals surface area contributed by atoms with E-state index >= 15 is 0 Å². The predicted molar refractivity (Wildman–Crippen MR) is 102 cm³/mol. The van der Waals surface area contributed by atoms with Gasteiger partial charge in [0, 0.05) is 11.1 Å². The zero-order valence-corrected chi connectivity index (χ0v) is 16.1. The molecule has 1 heterocycles. The smallest absolute Gasteiger partial charge is 0.339 e. The second kappa shape index (κ2) is 7.91. The first-order valence-electron chi connectivity index (χ1n) is 8.22. The van der Waals surface area contributed by atoms with Crippen molar-refractivity contribution in [2.75, 3.05) is 7.11 Å². The molecule has 0 saturated carbocycles. The zero-order chi connectivity index (χ0) is 21.2. The first-order chi connectivity index (χ1) is 13.7. The summed E-state index contributed by atoms with van der Waals surface area (Å²) in [6.45, 7) is -0.367. The highest BCUT2D eigenvalue weighted by atomic mass is 32.2. The molecular formula is C18H18N4O6S. The average molecular weight is 418 g/mol. The number of hydrogen-bond donors (Lipinski definition) is 3. The summed E-state index contributed by atoms with van der Waals surface area (Å²) in [6, 6.07) is 11.6. The normalized spacial score (nSPS) is 11.3. The number of carbonyl (C=O) groups is 1. The summed E-state index contributed by atoms with van der Waals surface area (Å²) >= 11 is 0. The van der Waals surface area contributed by atoms with Crippen molar-refractivity contribution in [2.24, 2.45) is 10.9 Å². The Morgan fingerprint density at radius 2 is 1.72 bits per heavy atom. The number of ether oxygens (including phenoxy) is 1. The van der Waals surface area contributed by atoms with Crippen molar-refractivity contribution in [3.63, 3.8) is 0 Å². The van der Waals surface area contributed by atoms with Crippen LogP contribution < -0.4 is 15.6 Å². The molecule has 29 heavy (non-hydrogen) atoms. The number of carbonyl (C=O) groups excluding carboxylic acids is 1. The lowest BCUT2D eigenvalue weighted by Gasteiger charge is -2.08. The van der Waals surface area contributed by atoms with Gasteiger partial charge in [-0.3, -0.25) is 5.21 Å². The van der Waals surface area contributed by atoms with E-state index in [-0.39, 0.29) is 22.4 Å². The van der Waals surface area contributed by atoms with Crippen molar-refractivity contribution in [3.05, 3.63) is 54.4 Å². The van der Waals surface area contributed by atoms with Crippen LogP contribution in [-0.2, 0) is 16.6 Å². The number of aromatic nitrogens is 1. The molecule has 0 aliphatic carbocycles. The van der Waals surface area contributed by atoms with Gasteiger partial charge < -0.3 is 14.9 Å². The average Bonchev–Trinajstić information content (AvgIpc) is 3.11. The van der Waals surface area contributed by atoms with Crippen molar-refractivity contribution in [3.8, 4) is 28.3 Å². The maximum absolute atomic E-state index is 11.5. The summed E-state index contributed by atoms with van der Waals surface area (Å²) in [6.07, 6.45) is 0. The topological polar surface area (TPSA) is 162 Å². The number of sulfonamides is 1. The van der Waals surface area contributed by atoms with E-state index in [0.29, 0.717) is 28.3 Å². The molecular weight excluding hydrogens is 400 g/mol. The maximum Gasteiger partial charge on any atom is 0.339 e. The molecule has 10 nitrogen and oxygen atoms in total. The molecule has 3 aromatic rings. The van der Waals surface area contributed by atoms with E-state index in [1.807, 2.05) is 0 Å². The van der Waals surface area contributed by atoms with Crippen molar-refractivity contribution >= 4 is 16.1 Å². The van der Waals surface area contributed by atoms with Gasteiger partial charge in [0.05, 0.1) is 12.0 Å². The number of primary amides is 1. The van der Waals surface area contributed by atoms with Gasteiger partial charge in [0.25, 0.3) is 0 Å². The van der Waals surface area contributed by atoms with Gasteiger partial charge in [-0.1, -0.05) is 0 Å². The summed E-state index contributed by atoms with van der Waals surface area (Å²) in [5, 5.41) is 15.0. The Bertz CT molecular complexity index is 1120. The molecule has 0 aliphatic heterocycles. The van der Waals surface area contributed by atoms with Gasteiger partial charge in [0.15, 0.2) is 5.76 Å². The number of nitrogens with zero attached hydrogens (tertiary/aromatic N) is 2. The summed E-state index contributed by atoms with van der Waals surface area (Å²) in [5.41, 5.74) is 6.64. The number of nitrogens with two attached hydrogens (primary N) is 2. The number of benzene rings is 2. The number of methoxy groups -OCH3 is 1. The third kappa shape index (κ3) is 4.54. The van der Waals surface area contributed by atoms with Crippen LogP contribution in [-0.4, -0.2) is 36.8 Å². The summed E-state index contributed by atoms with van der Waals surface area (Å²) < 4.78 is 33.8. The van der Waals surface area contributed by atoms with E-state index in [0.717, 1.165) is 0 Å². The van der Waals surface area contributed by atoms with Crippen molar-refractivity contribution in [1.29, 1.82) is 0 Å². The lowest BCUT2D eigenvalue weighted by Crippen LogP contribution is -2.32. The first-order valence-corrected chi connectivity index (χ1v) is 9.77. The SMILES string of the molecule is COc1ccc(-c2nc(CN(O)C(N)=O)oc2-c2ccc(S(N)(=O)=O)cc2)cc1. The summed E-state index contributed by atoms with van der Waals surface area (Å²) in [5.74, 6) is 0.985. The third-order valence-corrected chi connectivity index (χ3v) is 4.95. The second-order valence-corrected chi connectivity index (χ2v) is 7.54. The monoisotopic (exact) mass is 418 g/mol. The van der Waals surface area contributed by atoms with Gasteiger partial charge in [-0.15, -0.1) is 0 Å². The minimum absolute atomic E-state index is 0.0302. The van der Waals surface area contributed by atoms with Crippen molar-refractivity contribution in [1.82, 2.24) is 10.0 Å². The van der Waals surface area contributed by atoms with Crippen molar-refractivity contribution < 1.29 is 27.6 Å². The fourth-order valence-corrected chi connectivity index (χ4v) is 3.09. The van der Waals surface area contributed by atoms with Gasteiger partial charge in [-0.25, -0.2) is 23.3 Å². The van der Waals surface area contributed by atoms with Crippen LogP contribution in [0, 0.1) is 0 Å². The Morgan fingerprint density at radius 3 is 2.24 bits per heavy atom. The van der Waals surface area contributed by atoms with Gasteiger partial charge in [0.2, 0.25) is 15.9 Å². The molecule has 0 aliphatic rings. The Labute approximate surface area is 166 Å². The Morgan fingerprint density at radius 1 is 1.14 bits per heavy atom. The number of hydrogen-bond acceptors (Lipinski definition) is 7. The molecule has 0 saturated heterocycles. The van der Waals surface area contributed by atoms with Crippen LogP contribution in [0.3, 0.4) is 0 Å². The fraction of sp³-hybridized carbons (Fsp3) is 0.111. The molecule has 152 valence electrons. The molecule has 0 unspecified atom stereocenters. The molecule has 2 amide bonds. The first kappa shape index (κ1) is 20.3. The highest BCUT2D eigenvalue weighted by Crippen LogP contribution is 2.34. The lowest BCUT2D eigenvalue weighted by atomic mass is 10.1. The number of urea groups is 1. The minimum Gasteiger partial charge on any atom is -0.497 e. The minimum atomic E-state index is -3.84. The lowest BCUT2D eigenvalue weighted by molar-refractivity contribution is -0.0523. The van der Waals surface area contributed by atoms with Gasteiger partial charge in [-0.05, 0) is 48.5 Å². The van der Waals surface area contributed by atoms with E-state index in [2.05, 4.69) is 4.98 Å². The van der Waals surface area contributed by atoms with E-state index in [9.17, 15) is 18.4 Å². The van der Waals surface area contributed by atoms with Crippen LogP contribution in [0.4, 0.5) is 4.79 Å². The molecule has 1 aromatic heterocycles. The molecule has 0 fully saturated rings. The van der Waals surface area contributed by atoms with Crippen LogP contribution in [0.25, 0.3) is 22.6 Å². The zero-order valence-electron chi connectivity index (χ0n) is 15.3. The van der Waals surface area contributed by atoms with Gasteiger partial charge >= 0.3 is 6.03 Å². The maximum atomic E-state index is 11.5. The predicted octanol–water partition coefficient (Wildman–Crippen LogP) is 1.93. The molecule has 0 bridgehead atoms. The summed E-state index contributed by atoms with van der Waals surface area (Å²) in [7, 11) is -2.30. The number of rotatable bonds is 6. The Hall–Kier alpha value is -3.41. The quantitative estimate of drug-likeness (QED) is 0.407. The third-order valence-electron chi connectivity index (χ3n) is 4.02. The molecule has 0 spiro atoms. The standard InChI is InChI=1S/C18H18N4O6S/c1-27-13-6-2-11(3-7-13)16-17(28-15(21-16)10-22(24)18(19)23)12-4-8-14(9-5-12)29(20,25)26/h2-9,24H,10H2,1H3,(H2,19,23)(H2,20,25,26). The fourth-order valence-electron chi connectivity index (χ4n) is 2.57. The molecule has 0 atom stereocenters. The molecule has 2 aromatic carbocycles. The van der Waals surface area contributed by atoms with Crippen LogP contribution >= 0.6 is 0 Å². The molecule has 3 rings (SSSR count). The van der Waals surface area contributed by atoms with Gasteiger partial charge in [0.1, 0.15) is 18.0 Å². The van der Waals surface area contributed by atoms with E-state index in [4.69, 9.17) is 20.0 Å². The number of hydroxylamine groups is 2. The molecule has 0 radical (unpaired) electrons. The van der Waals surface area contributed by atoms with Crippen LogP contribution in [0.5, 0.6) is 5.75 Å².